The molecule has 1 aromatic heterocycles. The molecule has 1 aromatic rings. The van der Waals surface area contributed by atoms with Gasteiger partial charge in [0.2, 0.25) is 5.91 Å². The van der Waals surface area contributed by atoms with E-state index < -0.39 is 0 Å². The van der Waals surface area contributed by atoms with Crippen LogP contribution in [0.4, 0.5) is 0 Å². The van der Waals surface area contributed by atoms with E-state index in [0.717, 1.165) is 69.3 Å². The molecule has 4 rings (SSSR count). The Balaban J connectivity index is 1.34. The summed E-state index contributed by atoms with van der Waals surface area (Å²) in [6.45, 7) is 10.6. The van der Waals surface area contributed by atoms with Crippen molar-refractivity contribution in [3.8, 4) is 0 Å². The summed E-state index contributed by atoms with van der Waals surface area (Å²) < 4.78 is 10.7. The van der Waals surface area contributed by atoms with Crippen molar-refractivity contribution in [3.63, 3.8) is 0 Å². The van der Waals surface area contributed by atoms with Gasteiger partial charge in [0.25, 0.3) is 0 Å². The highest BCUT2D eigenvalue weighted by Gasteiger charge is 2.45. The average Bonchev–Trinajstić information content (AvgIpc) is 3.28. The van der Waals surface area contributed by atoms with Gasteiger partial charge in [0.05, 0.1) is 18.8 Å². The Hall–Kier alpha value is -1.40. The number of aryl methyl sites for hydroxylation is 2. The van der Waals surface area contributed by atoms with E-state index in [1.807, 2.05) is 18.7 Å². The maximum atomic E-state index is 12.6. The fourth-order valence-electron chi connectivity index (χ4n) is 4.68. The lowest BCUT2D eigenvalue weighted by Crippen LogP contribution is -2.43. The van der Waals surface area contributed by atoms with Gasteiger partial charge in [0.1, 0.15) is 5.76 Å². The molecule has 1 amide bonds. The summed E-state index contributed by atoms with van der Waals surface area (Å²) in [6.07, 6.45) is 4.16. The van der Waals surface area contributed by atoms with Crippen LogP contribution in [0.3, 0.4) is 0 Å². The van der Waals surface area contributed by atoms with Crippen molar-refractivity contribution in [2.75, 3.05) is 39.4 Å². The van der Waals surface area contributed by atoms with Gasteiger partial charge in [-0.1, -0.05) is 5.16 Å². The minimum absolute atomic E-state index is 0.179. The molecule has 3 fully saturated rings. The van der Waals surface area contributed by atoms with Crippen molar-refractivity contribution in [3.05, 3.63) is 17.0 Å². The molecular formula is C19H29N3O3. The molecule has 4 heterocycles. The Labute approximate surface area is 149 Å². The minimum atomic E-state index is 0.179. The van der Waals surface area contributed by atoms with Crippen LogP contribution >= 0.6 is 0 Å². The predicted octanol–water partition coefficient (Wildman–Crippen LogP) is 2.14. The number of hydrogen-bond donors (Lipinski definition) is 0. The Morgan fingerprint density at radius 1 is 1.28 bits per heavy atom. The summed E-state index contributed by atoms with van der Waals surface area (Å²) in [5.74, 6) is 1.83. The molecule has 3 saturated heterocycles. The Kier molecular flexibility index (Phi) is 4.58. The van der Waals surface area contributed by atoms with E-state index in [0.29, 0.717) is 18.9 Å². The van der Waals surface area contributed by atoms with Gasteiger partial charge in [-0.2, -0.15) is 0 Å². The van der Waals surface area contributed by atoms with Gasteiger partial charge in [0.15, 0.2) is 0 Å². The largest absolute Gasteiger partial charge is 0.381 e. The van der Waals surface area contributed by atoms with Gasteiger partial charge in [-0.3, -0.25) is 4.79 Å². The summed E-state index contributed by atoms with van der Waals surface area (Å²) in [6, 6.07) is 0. The van der Waals surface area contributed by atoms with Gasteiger partial charge < -0.3 is 19.1 Å². The summed E-state index contributed by atoms with van der Waals surface area (Å²) in [4.78, 5) is 17.2. The van der Waals surface area contributed by atoms with Crippen LogP contribution in [0.15, 0.2) is 4.52 Å². The minimum Gasteiger partial charge on any atom is -0.381 e. The van der Waals surface area contributed by atoms with Gasteiger partial charge in [-0.25, -0.2) is 0 Å². The smallest absolute Gasteiger partial charge is 0.223 e. The molecule has 0 bridgehead atoms. The van der Waals surface area contributed by atoms with Crippen molar-refractivity contribution in [1.29, 1.82) is 0 Å². The highest BCUT2D eigenvalue weighted by Crippen LogP contribution is 2.42. The quantitative estimate of drug-likeness (QED) is 0.835. The van der Waals surface area contributed by atoms with E-state index in [1.54, 1.807) is 0 Å². The van der Waals surface area contributed by atoms with Gasteiger partial charge >= 0.3 is 0 Å². The Morgan fingerprint density at radius 2 is 2.08 bits per heavy atom. The first-order valence-electron chi connectivity index (χ1n) is 9.54. The van der Waals surface area contributed by atoms with Crippen molar-refractivity contribution >= 4 is 5.91 Å². The second-order valence-corrected chi connectivity index (χ2v) is 8.26. The normalized spacial score (nSPS) is 26.9. The first-order valence-corrected chi connectivity index (χ1v) is 9.54. The number of carbonyl (C=O) groups excluding carboxylic acids is 1. The van der Waals surface area contributed by atoms with E-state index in [9.17, 15) is 4.79 Å². The molecule has 1 spiro atoms. The lowest BCUT2D eigenvalue weighted by Gasteiger charge is -2.39. The van der Waals surface area contributed by atoms with E-state index in [1.165, 1.54) is 6.42 Å². The molecule has 0 radical (unpaired) electrons. The number of carbonyl (C=O) groups is 1. The van der Waals surface area contributed by atoms with Crippen molar-refractivity contribution < 1.29 is 14.1 Å². The van der Waals surface area contributed by atoms with Crippen LogP contribution < -0.4 is 0 Å². The first kappa shape index (κ1) is 17.0. The zero-order chi connectivity index (χ0) is 17.4. The fourth-order valence-corrected chi connectivity index (χ4v) is 4.68. The first-order chi connectivity index (χ1) is 12.0. The molecule has 1 unspecified atom stereocenters. The van der Waals surface area contributed by atoms with Crippen molar-refractivity contribution in [1.82, 2.24) is 15.0 Å². The number of aromatic nitrogens is 1. The standard InChI is InChI=1S/C19H29N3O3/c1-14-17(15(2)25-20-14)11-22-13-19(9-18(22)23)4-6-21(7-5-19)10-16-3-8-24-12-16/h16H,3-13H2,1-2H3. The summed E-state index contributed by atoms with van der Waals surface area (Å²) in [5.41, 5.74) is 2.16. The zero-order valence-electron chi connectivity index (χ0n) is 15.4. The monoisotopic (exact) mass is 347 g/mol. The van der Waals surface area contributed by atoms with Gasteiger partial charge in [-0.05, 0) is 57.5 Å². The number of nitrogens with zero attached hydrogens (tertiary/aromatic N) is 3. The summed E-state index contributed by atoms with van der Waals surface area (Å²) in [7, 11) is 0. The second kappa shape index (κ2) is 6.72. The molecule has 3 aliphatic heterocycles. The number of ether oxygens (including phenoxy) is 1. The SMILES string of the molecule is Cc1noc(C)c1CN1CC2(CCN(CC3CCOC3)CC2)CC1=O. The summed E-state index contributed by atoms with van der Waals surface area (Å²) in [5, 5.41) is 4.02. The Bertz CT molecular complexity index is 608. The van der Waals surface area contributed by atoms with Gasteiger partial charge in [-0.15, -0.1) is 0 Å². The predicted molar refractivity (Wildman–Crippen MR) is 93.0 cm³/mol. The number of rotatable bonds is 4. The molecule has 138 valence electrons. The van der Waals surface area contributed by atoms with E-state index in [-0.39, 0.29) is 11.3 Å². The van der Waals surface area contributed by atoms with E-state index in [2.05, 4.69) is 10.1 Å². The highest BCUT2D eigenvalue weighted by molar-refractivity contribution is 5.79. The number of likely N-dealkylation sites (tertiary alicyclic amines) is 2. The third-order valence-corrected chi connectivity index (χ3v) is 6.39. The second-order valence-electron chi connectivity index (χ2n) is 8.26. The van der Waals surface area contributed by atoms with E-state index in [4.69, 9.17) is 9.26 Å². The molecule has 6 heteroatoms. The highest BCUT2D eigenvalue weighted by atomic mass is 16.5. The van der Waals surface area contributed by atoms with E-state index >= 15 is 0 Å². The molecular weight excluding hydrogens is 318 g/mol. The van der Waals surface area contributed by atoms with Crippen LogP contribution in [0.2, 0.25) is 0 Å². The lowest BCUT2D eigenvalue weighted by atomic mass is 9.77. The van der Waals surface area contributed by atoms with Crippen LogP contribution in [0.5, 0.6) is 0 Å². The van der Waals surface area contributed by atoms with Crippen LogP contribution in [0.1, 0.15) is 42.7 Å². The number of amides is 1. The molecule has 3 aliphatic rings. The van der Waals surface area contributed by atoms with Crippen LogP contribution in [-0.4, -0.2) is 60.3 Å². The fraction of sp³-hybridized carbons (Fsp3) is 0.789. The molecule has 25 heavy (non-hydrogen) atoms. The third kappa shape index (κ3) is 3.47. The Morgan fingerprint density at radius 3 is 2.72 bits per heavy atom. The number of piperidine rings is 1. The zero-order valence-corrected chi connectivity index (χ0v) is 15.4. The molecule has 0 aliphatic carbocycles. The van der Waals surface area contributed by atoms with Gasteiger partial charge in [0, 0.05) is 31.7 Å². The van der Waals surface area contributed by atoms with Crippen LogP contribution in [0, 0.1) is 25.2 Å². The molecule has 0 aromatic carbocycles. The number of hydrogen-bond acceptors (Lipinski definition) is 5. The average molecular weight is 347 g/mol. The third-order valence-electron chi connectivity index (χ3n) is 6.39. The summed E-state index contributed by atoms with van der Waals surface area (Å²) >= 11 is 0. The molecule has 6 nitrogen and oxygen atoms in total. The maximum Gasteiger partial charge on any atom is 0.223 e. The van der Waals surface area contributed by atoms with Crippen LogP contribution in [-0.2, 0) is 16.1 Å². The topological polar surface area (TPSA) is 58.8 Å². The molecule has 0 saturated carbocycles. The molecule has 1 atom stereocenters. The van der Waals surface area contributed by atoms with Crippen LogP contribution in [0.25, 0.3) is 0 Å². The lowest BCUT2D eigenvalue weighted by molar-refractivity contribution is -0.128. The maximum absolute atomic E-state index is 12.6. The van der Waals surface area contributed by atoms with Crippen molar-refractivity contribution in [2.45, 2.75) is 46.1 Å². The van der Waals surface area contributed by atoms with Crippen molar-refractivity contribution in [2.24, 2.45) is 11.3 Å². The molecule has 0 N–H and O–H groups in total.